The van der Waals surface area contributed by atoms with E-state index in [4.69, 9.17) is 0 Å². The highest BCUT2D eigenvalue weighted by Crippen LogP contribution is 2.20. The maximum absolute atomic E-state index is 10.7. The minimum Gasteiger partial charge on any atom is -0.345 e. The van der Waals surface area contributed by atoms with Gasteiger partial charge in [-0.3, -0.25) is 4.79 Å². The highest BCUT2D eigenvalue weighted by molar-refractivity contribution is 7.09. The molecule has 0 fully saturated rings. The smallest absolute Gasteiger partial charge is 0.166 e. The average molecular weight is 220 g/mol. The van der Waals surface area contributed by atoms with E-state index >= 15 is 0 Å². The quantitative estimate of drug-likeness (QED) is 0.742. The van der Waals surface area contributed by atoms with Crippen LogP contribution in [0.1, 0.15) is 28.3 Å². The molecule has 0 aromatic carbocycles. The Labute approximate surface area is 92.4 Å². The molecule has 2 heterocycles. The summed E-state index contributed by atoms with van der Waals surface area (Å²) in [5, 5.41) is 3.09. The van der Waals surface area contributed by atoms with Gasteiger partial charge in [-0.25, -0.2) is 4.98 Å². The first-order chi connectivity index (χ1) is 7.31. The van der Waals surface area contributed by atoms with Crippen molar-refractivity contribution in [1.29, 1.82) is 0 Å². The van der Waals surface area contributed by atoms with E-state index in [1.807, 2.05) is 34.5 Å². The molecule has 0 N–H and O–H groups in total. The molecule has 2 aromatic rings. The van der Waals surface area contributed by atoms with Crippen LogP contribution in [0, 0.1) is 0 Å². The van der Waals surface area contributed by atoms with E-state index in [1.54, 1.807) is 11.3 Å². The van der Waals surface area contributed by atoms with Crippen LogP contribution in [0.3, 0.4) is 0 Å². The minimum atomic E-state index is 0.344. The first-order valence-electron chi connectivity index (χ1n) is 4.81. The number of carbonyl (C=O) groups excluding carboxylic acids is 1. The molecule has 2 rings (SSSR count). The van der Waals surface area contributed by atoms with Gasteiger partial charge in [0, 0.05) is 30.2 Å². The molecule has 0 spiro atoms. The summed E-state index contributed by atoms with van der Waals surface area (Å²) in [6.45, 7) is 2.92. The second-order valence-corrected chi connectivity index (χ2v) is 4.40. The van der Waals surface area contributed by atoms with Gasteiger partial charge in [0.1, 0.15) is 0 Å². The van der Waals surface area contributed by atoms with E-state index < -0.39 is 0 Å². The maximum Gasteiger partial charge on any atom is 0.166 e. The van der Waals surface area contributed by atoms with Crippen LogP contribution in [0.2, 0.25) is 0 Å². The van der Waals surface area contributed by atoms with Gasteiger partial charge in [0.25, 0.3) is 0 Å². The maximum atomic E-state index is 10.7. The summed E-state index contributed by atoms with van der Waals surface area (Å²) in [6, 6.07) is 3.71. The van der Waals surface area contributed by atoms with Gasteiger partial charge in [0.15, 0.2) is 6.29 Å². The van der Waals surface area contributed by atoms with Gasteiger partial charge in [-0.2, -0.15) is 0 Å². The van der Waals surface area contributed by atoms with Crippen LogP contribution in [0.25, 0.3) is 0 Å². The Bertz CT molecular complexity index is 433. The molecule has 15 heavy (non-hydrogen) atoms. The third-order valence-electron chi connectivity index (χ3n) is 2.33. The average Bonchev–Trinajstić information content (AvgIpc) is 2.87. The highest BCUT2D eigenvalue weighted by Gasteiger charge is 2.10. The van der Waals surface area contributed by atoms with Crippen LogP contribution in [-0.4, -0.2) is 15.8 Å². The molecule has 0 bridgehead atoms. The Balaban J connectivity index is 2.12. The van der Waals surface area contributed by atoms with Crippen LogP contribution in [0.4, 0.5) is 0 Å². The molecular weight excluding hydrogens is 208 g/mol. The van der Waals surface area contributed by atoms with Crippen molar-refractivity contribution in [3.05, 3.63) is 40.6 Å². The lowest BCUT2D eigenvalue weighted by Crippen LogP contribution is -2.07. The predicted molar refractivity (Wildman–Crippen MR) is 60.3 cm³/mol. The first kappa shape index (κ1) is 10.1. The number of nitrogens with zero attached hydrogens (tertiary/aromatic N) is 2. The molecule has 0 radical (unpaired) electrons. The summed E-state index contributed by atoms with van der Waals surface area (Å²) >= 11 is 1.65. The molecule has 0 amide bonds. The summed E-state index contributed by atoms with van der Waals surface area (Å²) in [6.07, 6.45) is 4.62. The number of hydrogen-bond donors (Lipinski definition) is 0. The normalized spacial score (nSPS) is 12.6. The Morgan fingerprint density at radius 2 is 2.53 bits per heavy atom. The lowest BCUT2D eigenvalue weighted by atomic mass is 10.2. The van der Waals surface area contributed by atoms with Crippen LogP contribution in [-0.2, 0) is 6.54 Å². The Morgan fingerprint density at radius 3 is 3.20 bits per heavy atom. The fourth-order valence-corrected chi connectivity index (χ4v) is 2.24. The largest absolute Gasteiger partial charge is 0.345 e. The molecule has 0 saturated carbocycles. The van der Waals surface area contributed by atoms with Crippen molar-refractivity contribution < 1.29 is 4.79 Å². The van der Waals surface area contributed by atoms with E-state index in [-0.39, 0.29) is 0 Å². The second kappa shape index (κ2) is 4.40. The molecular formula is C11H12N2OS. The van der Waals surface area contributed by atoms with E-state index in [1.165, 1.54) is 0 Å². The minimum absolute atomic E-state index is 0.344. The Kier molecular flexibility index (Phi) is 2.97. The lowest BCUT2D eigenvalue weighted by molar-refractivity contribution is 0.111. The SMILES string of the molecule is CC(Cn1cccc1C=O)c1nccs1. The van der Waals surface area contributed by atoms with Crippen LogP contribution >= 0.6 is 11.3 Å². The molecule has 3 nitrogen and oxygen atoms in total. The molecule has 2 aromatic heterocycles. The van der Waals surface area contributed by atoms with Gasteiger partial charge in [-0.05, 0) is 12.1 Å². The number of rotatable bonds is 4. The molecule has 0 saturated heterocycles. The van der Waals surface area contributed by atoms with Gasteiger partial charge < -0.3 is 4.57 Å². The van der Waals surface area contributed by atoms with Crippen LogP contribution < -0.4 is 0 Å². The second-order valence-electron chi connectivity index (χ2n) is 3.47. The van der Waals surface area contributed by atoms with Crippen LogP contribution in [0.15, 0.2) is 29.9 Å². The van der Waals surface area contributed by atoms with E-state index in [2.05, 4.69) is 11.9 Å². The van der Waals surface area contributed by atoms with E-state index in [9.17, 15) is 4.79 Å². The summed E-state index contributed by atoms with van der Waals surface area (Å²) in [4.78, 5) is 15.0. The van der Waals surface area contributed by atoms with Crippen molar-refractivity contribution in [2.45, 2.75) is 19.4 Å². The van der Waals surface area contributed by atoms with Crippen molar-refractivity contribution in [3.63, 3.8) is 0 Å². The summed E-state index contributed by atoms with van der Waals surface area (Å²) in [5.74, 6) is 0.344. The van der Waals surface area contributed by atoms with Crippen molar-refractivity contribution in [1.82, 2.24) is 9.55 Å². The standard InChI is InChI=1S/C11H12N2OS/c1-9(11-12-4-6-15-11)7-13-5-2-3-10(13)8-14/h2-6,8-9H,7H2,1H3. The van der Waals surface area contributed by atoms with Crippen molar-refractivity contribution in [3.8, 4) is 0 Å². The van der Waals surface area contributed by atoms with E-state index in [0.717, 1.165) is 23.5 Å². The third-order valence-corrected chi connectivity index (χ3v) is 3.34. The first-order valence-corrected chi connectivity index (χ1v) is 5.69. The van der Waals surface area contributed by atoms with Gasteiger partial charge >= 0.3 is 0 Å². The van der Waals surface area contributed by atoms with Crippen molar-refractivity contribution in [2.24, 2.45) is 0 Å². The van der Waals surface area contributed by atoms with E-state index in [0.29, 0.717) is 5.92 Å². The predicted octanol–water partition coefficient (Wildman–Crippen LogP) is 2.56. The fraction of sp³-hybridized carbons (Fsp3) is 0.273. The zero-order chi connectivity index (χ0) is 10.7. The van der Waals surface area contributed by atoms with Crippen LogP contribution in [0.5, 0.6) is 0 Å². The molecule has 0 aliphatic carbocycles. The Hall–Kier alpha value is -1.42. The van der Waals surface area contributed by atoms with Gasteiger partial charge in [-0.1, -0.05) is 6.92 Å². The molecule has 0 aliphatic rings. The number of thiazole rings is 1. The third kappa shape index (κ3) is 2.15. The molecule has 1 unspecified atom stereocenters. The fourth-order valence-electron chi connectivity index (χ4n) is 1.55. The summed E-state index contributed by atoms with van der Waals surface area (Å²) in [7, 11) is 0. The lowest BCUT2D eigenvalue weighted by Gasteiger charge is -2.10. The molecule has 78 valence electrons. The number of aldehydes is 1. The zero-order valence-electron chi connectivity index (χ0n) is 8.46. The molecule has 1 atom stereocenters. The Morgan fingerprint density at radius 1 is 1.67 bits per heavy atom. The van der Waals surface area contributed by atoms with Crippen molar-refractivity contribution in [2.75, 3.05) is 0 Å². The molecule has 4 heteroatoms. The molecule has 0 aliphatic heterocycles. The zero-order valence-corrected chi connectivity index (χ0v) is 9.28. The monoisotopic (exact) mass is 220 g/mol. The highest BCUT2D eigenvalue weighted by atomic mass is 32.1. The van der Waals surface area contributed by atoms with Gasteiger partial charge in [0.2, 0.25) is 0 Å². The summed E-state index contributed by atoms with van der Waals surface area (Å²) in [5.41, 5.74) is 0.721. The number of carbonyl (C=O) groups is 1. The number of aromatic nitrogens is 2. The number of hydrogen-bond acceptors (Lipinski definition) is 3. The van der Waals surface area contributed by atoms with Crippen molar-refractivity contribution >= 4 is 17.6 Å². The topological polar surface area (TPSA) is 34.9 Å². The summed E-state index contributed by atoms with van der Waals surface area (Å²) < 4.78 is 1.96. The van der Waals surface area contributed by atoms with Gasteiger partial charge in [-0.15, -0.1) is 11.3 Å². The van der Waals surface area contributed by atoms with Gasteiger partial charge in [0.05, 0.1) is 10.7 Å².